The van der Waals surface area contributed by atoms with Crippen LogP contribution < -0.4 is 0 Å². The SMILES string of the molecule is c1ccc(CCc2cc(CCc3cccnc3)cc(CCc3ccc(-c4ccccc4)nc3)c2)cc1. The molecule has 0 N–H and O–H groups in total. The molecule has 0 aliphatic rings. The molecule has 2 aromatic heterocycles. The van der Waals surface area contributed by atoms with Gasteiger partial charge in [-0.15, -0.1) is 0 Å². The van der Waals surface area contributed by atoms with E-state index >= 15 is 0 Å². The predicted molar refractivity (Wildman–Crippen MR) is 149 cm³/mol. The maximum absolute atomic E-state index is 4.72. The van der Waals surface area contributed by atoms with E-state index in [2.05, 4.69) is 96.0 Å². The molecule has 0 fully saturated rings. The van der Waals surface area contributed by atoms with Gasteiger partial charge in [0.15, 0.2) is 0 Å². The van der Waals surface area contributed by atoms with Gasteiger partial charge in [-0.25, -0.2) is 0 Å². The molecule has 0 atom stereocenters. The average Bonchev–Trinajstić information content (AvgIpc) is 2.96. The van der Waals surface area contributed by atoms with Gasteiger partial charge in [-0.05, 0) is 84.0 Å². The molecule has 2 heteroatoms. The Morgan fingerprint density at radius 3 is 1.50 bits per heavy atom. The lowest BCUT2D eigenvalue weighted by Crippen LogP contribution is -2.00. The number of hydrogen-bond donors (Lipinski definition) is 0. The fraction of sp³-hybridized carbons (Fsp3) is 0.176. The largest absolute Gasteiger partial charge is 0.264 e. The standard InChI is InChI=1S/C34H32N2/c1-3-8-27(9-4-1)13-16-30-22-31(17-14-28-10-7-21-35-25-28)24-32(23-30)18-15-29-19-20-34(36-26-29)33-11-5-2-6-12-33/h1-12,19-26H,13-18H2. The maximum atomic E-state index is 4.72. The van der Waals surface area contributed by atoms with Crippen LogP contribution >= 0.6 is 0 Å². The van der Waals surface area contributed by atoms with Gasteiger partial charge >= 0.3 is 0 Å². The van der Waals surface area contributed by atoms with Crippen molar-refractivity contribution in [1.82, 2.24) is 9.97 Å². The first-order chi connectivity index (χ1) is 17.8. The minimum atomic E-state index is 0.992. The molecule has 0 unspecified atom stereocenters. The second kappa shape index (κ2) is 12.1. The molecular weight excluding hydrogens is 436 g/mol. The normalized spacial score (nSPS) is 10.9. The molecule has 0 bridgehead atoms. The van der Waals surface area contributed by atoms with E-state index in [1.807, 2.05) is 30.7 Å². The van der Waals surface area contributed by atoms with Crippen molar-refractivity contribution in [2.75, 3.05) is 0 Å². The van der Waals surface area contributed by atoms with Crippen molar-refractivity contribution in [2.24, 2.45) is 0 Å². The first-order valence-corrected chi connectivity index (χ1v) is 12.9. The molecule has 3 aromatic carbocycles. The second-order valence-electron chi connectivity index (χ2n) is 9.42. The number of rotatable bonds is 10. The van der Waals surface area contributed by atoms with Crippen molar-refractivity contribution in [1.29, 1.82) is 0 Å². The van der Waals surface area contributed by atoms with E-state index < -0.39 is 0 Å². The number of aromatic nitrogens is 2. The minimum Gasteiger partial charge on any atom is -0.264 e. The van der Waals surface area contributed by atoms with Gasteiger partial charge in [0.05, 0.1) is 5.69 Å². The summed E-state index contributed by atoms with van der Waals surface area (Å²) in [6.07, 6.45) is 12.0. The predicted octanol–water partition coefficient (Wildman–Crippen LogP) is 7.50. The van der Waals surface area contributed by atoms with Crippen LogP contribution in [-0.4, -0.2) is 9.97 Å². The Hall–Kier alpha value is -4.04. The number of pyridine rings is 2. The van der Waals surface area contributed by atoms with Crippen molar-refractivity contribution < 1.29 is 0 Å². The third kappa shape index (κ3) is 6.76. The number of nitrogens with zero attached hydrogens (tertiary/aromatic N) is 2. The van der Waals surface area contributed by atoms with E-state index in [9.17, 15) is 0 Å². The van der Waals surface area contributed by atoms with Crippen LogP contribution in [0, 0.1) is 0 Å². The molecule has 2 nitrogen and oxygen atoms in total. The summed E-state index contributed by atoms with van der Waals surface area (Å²) in [7, 11) is 0. The molecule has 0 saturated carbocycles. The first-order valence-electron chi connectivity index (χ1n) is 12.9. The topological polar surface area (TPSA) is 25.8 Å². The van der Waals surface area contributed by atoms with Gasteiger partial charge in [0.1, 0.15) is 0 Å². The van der Waals surface area contributed by atoms with Crippen molar-refractivity contribution in [3.63, 3.8) is 0 Å². The summed E-state index contributed by atoms with van der Waals surface area (Å²) < 4.78 is 0. The van der Waals surface area contributed by atoms with Crippen molar-refractivity contribution >= 4 is 0 Å². The highest BCUT2D eigenvalue weighted by Gasteiger charge is 2.06. The van der Waals surface area contributed by atoms with Crippen LogP contribution in [-0.2, 0) is 38.5 Å². The van der Waals surface area contributed by atoms with Gasteiger partial charge in [0.25, 0.3) is 0 Å². The van der Waals surface area contributed by atoms with Crippen LogP contribution in [0.15, 0.2) is 122 Å². The van der Waals surface area contributed by atoms with E-state index in [1.165, 1.54) is 33.4 Å². The molecule has 178 valence electrons. The Kier molecular flexibility index (Phi) is 7.95. The molecule has 0 aliphatic heterocycles. The summed E-state index contributed by atoms with van der Waals surface area (Å²) in [6, 6.07) is 36.9. The summed E-state index contributed by atoms with van der Waals surface area (Å²) in [5.41, 5.74) is 10.4. The highest BCUT2D eigenvalue weighted by molar-refractivity contribution is 5.58. The number of aryl methyl sites for hydroxylation is 6. The first kappa shape index (κ1) is 23.7. The molecule has 0 spiro atoms. The fourth-order valence-electron chi connectivity index (χ4n) is 4.68. The Morgan fingerprint density at radius 2 is 0.944 bits per heavy atom. The van der Waals surface area contributed by atoms with Crippen LogP contribution in [0.3, 0.4) is 0 Å². The van der Waals surface area contributed by atoms with Gasteiger partial charge in [0.2, 0.25) is 0 Å². The van der Waals surface area contributed by atoms with Crippen molar-refractivity contribution in [2.45, 2.75) is 38.5 Å². The van der Waals surface area contributed by atoms with E-state index in [4.69, 9.17) is 4.98 Å². The van der Waals surface area contributed by atoms with Crippen LogP contribution in [0.1, 0.15) is 33.4 Å². The molecule has 0 amide bonds. The maximum Gasteiger partial charge on any atom is 0.0702 e. The average molecular weight is 469 g/mol. The van der Waals surface area contributed by atoms with Crippen LogP contribution in [0.5, 0.6) is 0 Å². The lowest BCUT2D eigenvalue weighted by atomic mass is 9.94. The van der Waals surface area contributed by atoms with Gasteiger partial charge in [-0.2, -0.15) is 0 Å². The van der Waals surface area contributed by atoms with Gasteiger partial charge in [-0.3, -0.25) is 9.97 Å². The quantitative estimate of drug-likeness (QED) is 0.212. The number of hydrogen-bond acceptors (Lipinski definition) is 2. The van der Waals surface area contributed by atoms with E-state index in [0.717, 1.165) is 49.8 Å². The van der Waals surface area contributed by atoms with Gasteiger partial charge < -0.3 is 0 Å². The Morgan fingerprint density at radius 1 is 0.417 bits per heavy atom. The molecule has 5 rings (SSSR count). The fourth-order valence-corrected chi connectivity index (χ4v) is 4.68. The molecule has 0 saturated heterocycles. The lowest BCUT2D eigenvalue weighted by molar-refractivity contribution is 0.899. The van der Waals surface area contributed by atoms with Crippen LogP contribution in [0.25, 0.3) is 11.3 Å². The van der Waals surface area contributed by atoms with E-state index in [-0.39, 0.29) is 0 Å². The molecule has 36 heavy (non-hydrogen) atoms. The highest BCUT2D eigenvalue weighted by Crippen LogP contribution is 2.19. The third-order valence-electron chi connectivity index (χ3n) is 6.68. The summed E-state index contributed by atoms with van der Waals surface area (Å²) in [5.74, 6) is 0. The van der Waals surface area contributed by atoms with E-state index in [0.29, 0.717) is 0 Å². The zero-order chi connectivity index (χ0) is 24.4. The van der Waals surface area contributed by atoms with Crippen LogP contribution in [0.4, 0.5) is 0 Å². The zero-order valence-electron chi connectivity index (χ0n) is 20.7. The van der Waals surface area contributed by atoms with Crippen molar-refractivity contribution in [3.05, 3.63) is 155 Å². The Labute approximate surface area is 214 Å². The third-order valence-corrected chi connectivity index (χ3v) is 6.68. The minimum absolute atomic E-state index is 0.992. The Balaban J connectivity index is 1.28. The van der Waals surface area contributed by atoms with E-state index in [1.54, 1.807) is 0 Å². The highest BCUT2D eigenvalue weighted by atomic mass is 14.7. The summed E-state index contributed by atoms with van der Waals surface area (Å²) in [4.78, 5) is 8.99. The monoisotopic (exact) mass is 468 g/mol. The molecular formula is C34H32N2. The Bertz CT molecular complexity index is 1280. The second-order valence-corrected chi connectivity index (χ2v) is 9.42. The zero-order valence-corrected chi connectivity index (χ0v) is 20.7. The summed E-state index contributed by atoms with van der Waals surface area (Å²) in [5, 5.41) is 0. The summed E-state index contributed by atoms with van der Waals surface area (Å²) >= 11 is 0. The summed E-state index contributed by atoms with van der Waals surface area (Å²) in [6.45, 7) is 0. The molecule has 2 heterocycles. The van der Waals surface area contributed by atoms with Crippen LogP contribution in [0.2, 0.25) is 0 Å². The van der Waals surface area contributed by atoms with Crippen molar-refractivity contribution in [3.8, 4) is 11.3 Å². The number of benzene rings is 3. The van der Waals surface area contributed by atoms with Gasteiger partial charge in [-0.1, -0.05) is 91.0 Å². The molecule has 5 aromatic rings. The van der Waals surface area contributed by atoms with Gasteiger partial charge in [0, 0.05) is 24.2 Å². The smallest absolute Gasteiger partial charge is 0.0702 e. The lowest BCUT2D eigenvalue weighted by Gasteiger charge is -2.11. The molecule has 0 aliphatic carbocycles. The molecule has 0 radical (unpaired) electrons.